The lowest BCUT2D eigenvalue weighted by Crippen LogP contribution is -2.11. The van der Waals surface area contributed by atoms with Gasteiger partial charge < -0.3 is 4.74 Å². The van der Waals surface area contributed by atoms with Gasteiger partial charge in [-0.15, -0.1) is 0 Å². The molecule has 0 spiro atoms. The molecule has 0 aromatic carbocycles. The number of hydrogen-bond donors (Lipinski definition) is 2. The molecule has 0 saturated heterocycles. The molecule has 0 aliphatic heterocycles. The number of H-pyrrole nitrogens is 2. The van der Waals surface area contributed by atoms with E-state index in [2.05, 4.69) is 34.0 Å². The average Bonchev–Trinajstić information content (AvgIpc) is 2.80. The molecule has 0 atom stereocenters. The van der Waals surface area contributed by atoms with Crippen molar-refractivity contribution in [3.05, 3.63) is 16.0 Å². The van der Waals surface area contributed by atoms with Crippen LogP contribution in [0.3, 0.4) is 0 Å². The van der Waals surface area contributed by atoms with Crippen molar-refractivity contribution < 1.29 is 4.74 Å². The fourth-order valence-corrected chi connectivity index (χ4v) is 1.84. The first-order chi connectivity index (χ1) is 9.26. The SMILES string of the molecule is CCCCOc1nc2c(CCCC)n[nH]c2c(=O)[nH]1. The number of aromatic nitrogens is 4. The number of aryl methyl sites for hydroxylation is 1. The minimum Gasteiger partial charge on any atom is -0.465 e. The summed E-state index contributed by atoms with van der Waals surface area (Å²) in [7, 11) is 0. The van der Waals surface area contributed by atoms with Crippen molar-refractivity contribution in [2.45, 2.75) is 46.0 Å². The molecule has 2 aromatic heterocycles. The first-order valence-corrected chi connectivity index (χ1v) is 6.86. The molecular formula is C13H20N4O2. The molecule has 6 heteroatoms. The zero-order valence-electron chi connectivity index (χ0n) is 11.5. The first kappa shape index (κ1) is 13.6. The third kappa shape index (κ3) is 3.13. The highest BCUT2D eigenvalue weighted by atomic mass is 16.5. The number of ether oxygens (including phenoxy) is 1. The molecule has 0 bridgehead atoms. The Balaban J connectivity index is 2.27. The quantitative estimate of drug-likeness (QED) is 0.751. The van der Waals surface area contributed by atoms with E-state index in [4.69, 9.17) is 4.74 Å². The van der Waals surface area contributed by atoms with Crippen LogP contribution >= 0.6 is 0 Å². The smallest absolute Gasteiger partial charge is 0.297 e. The van der Waals surface area contributed by atoms with Crippen molar-refractivity contribution in [3.63, 3.8) is 0 Å². The van der Waals surface area contributed by atoms with E-state index in [0.29, 0.717) is 17.6 Å². The Hall–Kier alpha value is -1.85. The molecule has 19 heavy (non-hydrogen) atoms. The molecule has 0 aliphatic rings. The van der Waals surface area contributed by atoms with E-state index in [9.17, 15) is 4.79 Å². The molecule has 0 amide bonds. The van der Waals surface area contributed by atoms with Gasteiger partial charge in [-0.25, -0.2) is 0 Å². The van der Waals surface area contributed by atoms with Crippen LogP contribution in [0.5, 0.6) is 6.01 Å². The summed E-state index contributed by atoms with van der Waals surface area (Å²) < 4.78 is 5.46. The van der Waals surface area contributed by atoms with Crippen LogP contribution < -0.4 is 10.3 Å². The highest BCUT2D eigenvalue weighted by Crippen LogP contribution is 2.14. The maximum absolute atomic E-state index is 11.9. The monoisotopic (exact) mass is 264 g/mol. The van der Waals surface area contributed by atoms with Gasteiger partial charge in [-0.3, -0.25) is 14.9 Å². The van der Waals surface area contributed by atoms with Gasteiger partial charge in [0, 0.05) is 0 Å². The first-order valence-electron chi connectivity index (χ1n) is 6.86. The summed E-state index contributed by atoms with van der Waals surface area (Å²) in [4.78, 5) is 18.8. The normalized spacial score (nSPS) is 11.1. The van der Waals surface area contributed by atoms with Crippen LogP contribution in [0.2, 0.25) is 0 Å². The van der Waals surface area contributed by atoms with Crippen LogP contribution in [-0.4, -0.2) is 26.8 Å². The molecule has 2 heterocycles. The predicted octanol–water partition coefficient (Wildman–Crippen LogP) is 2.17. The number of rotatable bonds is 7. The fraction of sp³-hybridized carbons (Fsp3) is 0.615. The summed E-state index contributed by atoms with van der Waals surface area (Å²) in [5.41, 5.74) is 1.66. The topological polar surface area (TPSA) is 83.7 Å². The molecule has 2 N–H and O–H groups in total. The Bertz CT molecular complexity index is 588. The van der Waals surface area contributed by atoms with E-state index in [1.165, 1.54) is 0 Å². The third-order valence-corrected chi connectivity index (χ3v) is 2.98. The van der Waals surface area contributed by atoms with E-state index >= 15 is 0 Å². The maximum Gasteiger partial charge on any atom is 0.297 e. The zero-order chi connectivity index (χ0) is 13.7. The van der Waals surface area contributed by atoms with Gasteiger partial charge in [-0.05, 0) is 19.3 Å². The molecule has 0 unspecified atom stereocenters. The van der Waals surface area contributed by atoms with Crippen molar-refractivity contribution in [1.82, 2.24) is 20.2 Å². The summed E-state index contributed by atoms with van der Waals surface area (Å²) in [6.45, 7) is 4.77. The third-order valence-electron chi connectivity index (χ3n) is 2.98. The van der Waals surface area contributed by atoms with Crippen LogP contribution in [0.15, 0.2) is 4.79 Å². The van der Waals surface area contributed by atoms with Crippen LogP contribution in [0.25, 0.3) is 11.0 Å². The lowest BCUT2D eigenvalue weighted by atomic mass is 10.2. The maximum atomic E-state index is 11.9. The van der Waals surface area contributed by atoms with Crippen molar-refractivity contribution in [2.75, 3.05) is 6.61 Å². The van der Waals surface area contributed by atoms with Gasteiger partial charge in [0.05, 0.1) is 12.3 Å². The van der Waals surface area contributed by atoms with Gasteiger partial charge in [0.2, 0.25) is 0 Å². The van der Waals surface area contributed by atoms with E-state index in [-0.39, 0.29) is 11.6 Å². The Labute approximate surface area is 111 Å². The summed E-state index contributed by atoms with van der Waals surface area (Å²) in [5, 5.41) is 6.92. The minimum absolute atomic E-state index is 0.230. The average molecular weight is 264 g/mol. The fourth-order valence-electron chi connectivity index (χ4n) is 1.84. The summed E-state index contributed by atoms with van der Waals surface area (Å²) in [6, 6.07) is 0.282. The van der Waals surface area contributed by atoms with Crippen molar-refractivity contribution in [3.8, 4) is 6.01 Å². The molecule has 0 fully saturated rings. The van der Waals surface area contributed by atoms with E-state index in [1.807, 2.05) is 0 Å². The van der Waals surface area contributed by atoms with Gasteiger partial charge >= 0.3 is 0 Å². The van der Waals surface area contributed by atoms with Crippen LogP contribution in [0, 0.1) is 0 Å². The number of hydrogen-bond acceptors (Lipinski definition) is 4. The summed E-state index contributed by atoms with van der Waals surface area (Å²) in [6.07, 6.45) is 4.91. The highest BCUT2D eigenvalue weighted by Gasteiger charge is 2.12. The van der Waals surface area contributed by atoms with Crippen LogP contribution in [0.4, 0.5) is 0 Å². The van der Waals surface area contributed by atoms with Crippen molar-refractivity contribution >= 4 is 11.0 Å². The lowest BCUT2D eigenvalue weighted by molar-refractivity contribution is 0.285. The molecule has 0 aliphatic carbocycles. The Kier molecular flexibility index (Phi) is 4.54. The van der Waals surface area contributed by atoms with Gasteiger partial charge in [0.15, 0.2) is 0 Å². The van der Waals surface area contributed by atoms with E-state index in [1.54, 1.807) is 0 Å². The Morgan fingerprint density at radius 2 is 2.00 bits per heavy atom. The number of aromatic amines is 2. The second-order valence-electron chi connectivity index (χ2n) is 4.57. The predicted molar refractivity (Wildman–Crippen MR) is 73.5 cm³/mol. The van der Waals surface area contributed by atoms with Gasteiger partial charge in [0.25, 0.3) is 11.6 Å². The molecular weight excluding hydrogens is 244 g/mol. The lowest BCUT2D eigenvalue weighted by Gasteiger charge is -2.03. The van der Waals surface area contributed by atoms with Crippen molar-refractivity contribution in [2.24, 2.45) is 0 Å². The van der Waals surface area contributed by atoms with Crippen LogP contribution in [0.1, 0.15) is 45.2 Å². The minimum atomic E-state index is -0.230. The van der Waals surface area contributed by atoms with Crippen LogP contribution in [-0.2, 0) is 6.42 Å². The molecule has 0 saturated carbocycles. The number of unbranched alkanes of at least 4 members (excludes halogenated alkanes) is 2. The summed E-state index contributed by atoms with van der Waals surface area (Å²) >= 11 is 0. The number of nitrogens with zero attached hydrogens (tertiary/aromatic N) is 2. The number of nitrogens with one attached hydrogen (secondary N) is 2. The molecule has 6 nitrogen and oxygen atoms in total. The second-order valence-corrected chi connectivity index (χ2v) is 4.57. The Morgan fingerprint density at radius 1 is 1.21 bits per heavy atom. The molecule has 2 aromatic rings. The summed E-state index contributed by atoms with van der Waals surface area (Å²) in [5.74, 6) is 0. The van der Waals surface area contributed by atoms with E-state index in [0.717, 1.165) is 37.8 Å². The largest absolute Gasteiger partial charge is 0.465 e. The second kappa shape index (κ2) is 6.36. The van der Waals surface area contributed by atoms with E-state index < -0.39 is 0 Å². The van der Waals surface area contributed by atoms with Gasteiger partial charge in [-0.1, -0.05) is 26.7 Å². The molecule has 2 rings (SSSR count). The van der Waals surface area contributed by atoms with Crippen molar-refractivity contribution in [1.29, 1.82) is 0 Å². The van der Waals surface area contributed by atoms with Gasteiger partial charge in [0.1, 0.15) is 11.0 Å². The standard InChI is InChI=1S/C13H20N4O2/c1-3-5-7-9-10-11(17-16-9)12(18)15-13(14-10)19-8-6-4-2/h3-8H2,1-2H3,(H,16,17)(H,14,15,18). The molecule has 0 radical (unpaired) electrons. The Morgan fingerprint density at radius 3 is 2.74 bits per heavy atom. The molecule has 104 valence electrons. The number of fused-ring (bicyclic) bond motifs is 1. The highest BCUT2D eigenvalue weighted by molar-refractivity contribution is 5.75. The zero-order valence-corrected chi connectivity index (χ0v) is 11.5. The van der Waals surface area contributed by atoms with Gasteiger partial charge in [-0.2, -0.15) is 10.1 Å².